The van der Waals surface area contributed by atoms with Gasteiger partial charge >= 0.3 is 0 Å². The summed E-state index contributed by atoms with van der Waals surface area (Å²) < 4.78 is 0. The largest absolute Gasteiger partial charge is 0.396 e. The molecule has 0 saturated carbocycles. The first-order chi connectivity index (χ1) is 15.2. The highest BCUT2D eigenvalue weighted by Crippen LogP contribution is 2.40. The highest BCUT2D eigenvalue weighted by Gasteiger charge is 2.26. The van der Waals surface area contributed by atoms with Crippen molar-refractivity contribution >= 4 is 39.4 Å². The molecule has 5 rings (SSSR count). The van der Waals surface area contributed by atoms with Gasteiger partial charge in [0.15, 0.2) is 5.65 Å². The van der Waals surface area contributed by atoms with E-state index in [-0.39, 0.29) is 12.5 Å². The smallest absolute Gasteiger partial charge is 0.180 e. The van der Waals surface area contributed by atoms with Gasteiger partial charge in [0.25, 0.3) is 0 Å². The van der Waals surface area contributed by atoms with Gasteiger partial charge in [0.1, 0.15) is 11.8 Å². The number of nitrogens with zero attached hydrogens (tertiary/aromatic N) is 5. The minimum atomic E-state index is 0.163. The minimum absolute atomic E-state index is 0.163. The Labute approximate surface area is 185 Å². The molecule has 0 radical (unpaired) electrons. The number of hydrogen-bond donors (Lipinski definition) is 2. The van der Waals surface area contributed by atoms with E-state index in [0.29, 0.717) is 16.6 Å². The summed E-state index contributed by atoms with van der Waals surface area (Å²) in [6, 6.07) is 6.05. The predicted octanol–water partition coefficient (Wildman–Crippen LogP) is 4.11. The van der Waals surface area contributed by atoms with Crippen LogP contribution in [-0.4, -0.2) is 49.7 Å². The molecule has 1 saturated heterocycles. The average Bonchev–Trinajstić information content (AvgIpc) is 3.29. The number of nitrogens with one attached hydrogen (secondary N) is 1. The number of piperidine rings is 1. The molecule has 8 heteroatoms. The Bertz CT molecular complexity index is 1220. The van der Waals surface area contributed by atoms with E-state index in [9.17, 15) is 5.11 Å². The van der Waals surface area contributed by atoms with Crippen LogP contribution in [0.25, 0.3) is 22.1 Å². The molecule has 31 heavy (non-hydrogen) atoms. The maximum Gasteiger partial charge on any atom is 0.180 e. The van der Waals surface area contributed by atoms with Crippen LogP contribution in [0.2, 0.25) is 5.02 Å². The molecule has 160 valence electrons. The van der Waals surface area contributed by atoms with Crippen LogP contribution in [0.4, 0.5) is 5.69 Å². The molecule has 0 aliphatic carbocycles. The van der Waals surface area contributed by atoms with E-state index < -0.39 is 0 Å². The lowest BCUT2D eigenvalue weighted by Gasteiger charge is -2.35. The number of imidazole rings is 1. The number of fused-ring (bicyclic) bond motifs is 2. The zero-order chi connectivity index (χ0) is 21.4. The van der Waals surface area contributed by atoms with Crippen molar-refractivity contribution in [3.63, 3.8) is 0 Å². The van der Waals surface area contributed by atoms with Crippen LogP contribution in [0.15, 0.2) is 37.1 Å². The molecule has 0 bridgehead atoms. The third-order valence-corrected chi connectivity index (χ3v) is 6.68. The van der Waals surface area contributed by atoms with Gasteiger partial charge in [-0.3, -0.25) is 4.98 Å². The van der Waals surface area contributed by atoms with E-state index in [1.54, 1.807) is 12.7 Å². The normalized spacial score (nSPS) is 16.3. The van der Waals surface area contributed by atoms with Crippen LogP contribution in [-0.2, 0) is 6.42 Å². The number of aliphatic hydroxyl groups excluding tert-OH is 1. The van der Waals surface area contributed by atoms with E-state index in [4.69, 9.17) is 16.6 Å². The van der Waals surface area contributed by atoms with Crippen molar-refractivity contribution in [1.82, 2.24) is 24.9 Å². The third-order valence-electron chi connectivity index (χ3n) is 6.37. The molecule has 1 aliphatic heterocycles. The van der Waals surface area contributed by atoms with Gasteiger partial charge in [-0.25, -0.2) is 15.0 Å². The lowest BCUT2D eigenvalue weighted by atomic mass is 9.90. The zero-order valence-electron chi connectivity index (χ0n) is 17.4. The number of anilines is 1. The van der Waals surface area contributed by atoms with Crippen molar-refractivity contribution in [3.05, 3.63) is 53.3 Å². The summed E-state index contributed by atoms with van der Waals surface area (Å²) in [5, 5.41) is 11.2. The Balaban J connectivity index is 1.58. The molecule has 7 nitrogen and oxygen atoms in total. The third kappa shape index (κ3) is 3.72. The number of hydrogen-bond acceptors (Lipinski definition) is 6. The highest BCUT2D eigenvalue weighted by atomic mass is 35.5. The summed E-state index contributed by atoms with van der Waals surface area (Å²) in [6.45, 7) is 4.26. The number of H-pyrrole nitrogens is 1. The van der Waals surface area contributed by atoms with E-state index in [0.717, 1.165) is 60.2 Å². The zero-order valence-corrected chi connectivity index (χ0v) is 18.2. The summed E-state index contributed by atoms with van der Waals surface area (Å²) in [6.07, 6.45) is 7.73. The molecule has 1 atom stereocenters. The van der Waals surface area contributed by atoms with Crippen molar-refractivity contribution < 1.29 is 5.11 Å². The summed E-state index contributed by atoms with van der Waals surface area (Å²) in [7, 11) is 0. The van der Waals surface area contributed by atoms with Crippen LogP contribution in [0.1, 0.15) is 36.9 Å². The van der Waals surface area contributed by atoms with Crippen LogP contribution in [0, 0.1) is 5.92 Å². The van der Waals surface area contributed by atoms with Crippen molar-refractivity contribution in [1.29, 1.82) is 0 Å². The number of halogens is 1. The molecule has 2 N–H and O–H groups in total. The molecule has 1 fully saturated rings. The Kier molecular flexibility index (Phi) is 5.46. The second-order valence-electron chi connectivity index (χ2n) is 8.34. The van der Waals surface area contributed by atoms with Gasteiger partial charge in [-0.2, -0.15) is 0 Å². The van der Waals surface area contributed by atoms with E-state index >= 15 is 0 Å². The molecule has 4 aromatic rings. The Morgan fingerprint density at radius 1 is 1.23 bits per heavy atom. The SMILES string of the molecule is CC(Cc1ncnc2nc[nH]c12)c1cc(Cl)c2cccnc2c1N1CCC(CO)CC1. The highest BCUT2D eigenvalue weighted by molar-refractivity contribution is 6.36. The second kappa shape index (κ2) is 8.40. The van der Waals surface area contributed by atoms with Crippen molar-refractivity contribution in [2.75, 3.05) is 24.6 Å². The number of rotatable bonds is 5. The molecular weight excluding hydrogens is 412 g/mol. The maximum absolute atomic E-state index is 9.56. The second-order valence-corrected chi connectivity index (χ2v) is 8.74. The van der Waals surface area contributed by atoms with Gasteiger partial charge < -0.3 is 15.0 Å². The molecule has 1 unspecified atom stereocenters. The summed E-state index contributed by atoms with van der Waals surface area (Å²) >= 11 is 6.71. The van der Waals surface area contributed by atoms with Crippen molar-refractivity contribution in [2.45, 2.75) is 32.1 Å². The average molecular weight is 437 g/mol. The summed E-state index contributed by atoms with van der Waals surface area (Å²) in [4.78, 5) is 23.3. The first-order valence-corrected chi connectivity index (χ1v) is 11.1. The monoisotopic (exact) mass is 436 g/mol. The van der Waals surface area contributed by atoms with E-state index in [1.807, 2.05) is 18.3 Å². The van der Waals surface area contributed by atoms with Crippen LogP contribution in [0.3, 0.4) is 0 Å². The molecule has 4 heterocycles. The molecule has 1 aliphatic rings. The van der Waals surface area contributed by atoms with Gasteiger partial charge in [-0.05, 0) is 54.9 Å². The van der Waals surface area contributed by atoms with Gasteiger partial charge in [0, 0.05) is 31.3 Å². The maximum atomic E-state index is 9.56. The quantitative estimate of drug-likeness (QED) is 0.489. The van der Waals surface area contributed by atoms with Crippen LogP contribution < -0.4 is 4.90 Å². The molecular formula is C23H25ClN6O. The summed E-state index contributed by atoms with van der Waals surface area (Å²) in [5.41, 5.74) is 5.76. The standard InChI is InChI=1S/C23H25ClN6O/c1-14(9-19-21-23(28-12-26-19)29-13-27-21)17-10-18(24)16-3-2-6-25-20(16)22(17)30-7-4-15(11-31)5-8-30/h2-3,6,10,12-15,31H,4-5,7-9,11H2,1H3,(H,26,27,28,29). The van der Waals surface area contributed by atoms with Crippen molar-refractivity contribution in [3.8, 4) is 0 Å². The number of aromatic nitrogens is 5. The first-order valence-electron chi connectivity index (χ1n) is 10.7. The number of aliphatic hydroxyl groups is 1. The summed E-state index contributed by atoms with van der Waals surface area (Å²) in [5.74, 6) is 0.536. The fourth-order valence-electron chi connectivity index (χ4n) is 4.62. The van der Waals surface area contributed by atoms with Crippen molar-refractivity contribution in [2.24, 2.45) is 5.92 Å². The molecule has 3 aromatic heterocycles. The van der Waals surface area contributed by atoms with E-state index in [2.05, 4.69) is 37.8 Å². The van der Waals surface area contributed by atoms with Gasteiger partial charge in [-0.15, -0.1) is 0 Å². The fraction of sp³-hybridized carbons (Fsp3) is 0.391. The predicted molar refractivity (Wildman–Crippen MR) is 123 cm³/mol. The Hall–Kier alpha value is -2.77. The molecule has 0 amide bonds. The number of pyridine rings is 1. The lowest BCUT2D eigenvalue weighted by molar-refractivity contribution is 0.203. The lowest BCUT2D eigenvalue weighted by Crippen LogP contribution is -2.35. The molecule has 0 spiro atoms. The van der Waals surface area contributed by atoms with Gasteiger partial charge in [0.2, 0.25) is 0 Å². The van der Waals surface area contributed by atoms with Gasteiger partial charge in [-0.1, -0.05) is 18.5 Å². The molecule has 1 aromatic carbocycles. The Morgan fingerprint density at radius 3 is 2.87 bits per heavy atom. The van der Waals surface area contributed by atoms with Crippen LogP contribution in [0.5, 0.6) is 0 Å². The van der Waals surface area contributed by atoms with Crippen LogP contribution >= 0.6 is 11.6 Å². The topological polar surface area (TPSA) is 90.8 Å². The van der Waals surface area contributed by atoms with Gasteiger partial charge in [0.05, 0.1) is 28.2 Å². The fourth-order valence-corrected chi connectivity index (χ4v) is 4.89. The minimum Gasteiger partial charge on any atom is -0.396 e. The Morgan fingerprint density at radius 2 is 2.06 bits per heavy atom. The number of benzene rings is 1. The van der Waals surface area contributed by atoms with E-state index in [1.165, 1.54) is 5.56 Å². The number of aromatic amines is 1. The first kappa shape index (κ1) is 20.2.